The fourth-order valence-electron chi connectivity index (χ4n) is 5.92. The Morgan fingerprint density at radius 3 is 2.37 bits per heavy atom. The standard InChI is InChI=1S/C31H34N2O5/c1-18(34)32-25-14-12-20-16-28(36-2)30(37-3)31(38-4)29(20)22-13-15-26(27(35)17-23(22)25)33-24-11-7-9-19-8-5-6-10-21(19)24/h5-6,8,10,13,15-17,24-25H,7,9,11-12,14H2,1-4H3,(H,32,34)(H,33,35). The summed E-state index contributed by atoms with van der Waals surface area (Å²) in [7, 11) is 4.78. The summed E-state index contributed by atoms with van der Waals surface area (Å²) < 4.78 is 17.2. The van der Waals surface area contributed by atoms with Crippen molar-refractivity contribution < 1.29 is 19.0 Å². The molecule has 0 saturated carbocycles. The SMILES string of the molecule is COc1cc2c(c(OC)c1OC)-c1ccc(NC3CCCc4ccccc43)c(=O)cc1C(NC(C)=O)CC2. The van der Waals surface area contributed by atoms with Crippen LogP contribution in [0.15, 0.2) is 53.3 Å². The van der Waals surface area contributed by atoms with Gasteiger partial charge in [-0.1, -0.05) is 30.3 Å². The first-order valence-corrected chi connectivity index (χ1v) is 13.1. The van der Waals surface area contributed by atoms with Crippen molar-refractivity contribution in [2.75, 3.05) is 26.6 Å². The number of fused-ring (bicyclic) bond motifs is 4. The lowest BCUT2D eigenvalue weighted by Crippen LogP contribution is -2.26. The van der Waals surface area contributed by atoms with E-state index < -0.39 is 0 Å². The Morgan fingerprint density at radius 1 is 0.842 bits per heavy atom. The molecular weight excluding hydrogens is 480 g/mol. The van der Waals surface area contributed by atoms with Crippen LogP contribution in [0.1, 0.15) is 60.5 Å². The van der Waals surface area contributed by atoms with E-state index in [1.54, 1.807) is 27.4 Å². The quantitative estimate of drug-likeness (QED) is 0.461. The maximum absolute atomic E-state index is 13.7. The molecule has 5 rings (SSSR count). The Labute approximate surface area is 223 Å². The van der Waals surface area contributed by atoms with Crippen molar-refractivity contribution >= 4 is 11.6 Å². The molecule has 2 N–H and O–H groups in total. The van der Waals surface area contributed by atoms with Gasteiger partial charge in [0.2, 0.25) is 17.1 Å². The van der Waals surface area contributed by atoms with Crippen LogP contribution in [-0.2, 0) is 17.6 Å². The minimum atomic E-state index is -0.333. The number of amides is 1. The zero-order valence-electron chi connectivity index (χ0n) is 22.4. The predicted molar refractivity (Wildman–Crippen MR) is 148 cm³/mol. The Bertz CT molecular complexity index is 1430. The maximum Gasteiger partial charge on any atom is 0.217 e. The first-order valence-electron chi connectivity index (χ1n) is 13.1. The highest BCUT2D eigenvalue weighted by atomic mass is 16.5. The van der Waals surface area contributed by atoms with Crippen molar-refractivity contribution in [3.63, 3.8) is 0 Å². The molecule has 0 aromatic heterocycles. The maximum atomic E-state index is 13.7. The topological polar surface area (TPSA) is 85.9 Å². The van der Waals surface area contributed by atoms with E-state index in [0.717, 1.165) is 41.5 Å². The lowest BCUT2D eigenvalue weighted by atomic mass is 9.87. The summed E-state index contributed by atoms with van der Waals surface area (Å²) in [6.45, 7) is 1.50. The van der Waals surface area contributed by atoms with E-state index in [-0.39, 0.29) is 23.4 Å². The average molecular weight is 515 g/mol. The monoisotopic (exact) mass is 514 g/mol. The van der Waals surface area contributed by atoms with Crippen molar-refractivity contribution in [3.8, 4) is 28.4 Å². The summed E-state index contributed by atoms with van der Waals surface area (Å²) in [5.41, 5.74) is 6.40. The normalized spacial score (nSPS) is 17.7. The van der Waals surface area contributed by atoms with Gasteiger partial charge in [0.1, 0.15) is 0 Å². The van der Waals surface area contributed by atoms with Crippen LogP contribution in [0.5, 0.6) is 17.2 Å². The van der Waals surface area contributed by atoms with E-state index in [1.807, 2.05) is 24.3 Å². The van der Waals surface area contributed by atoms with Gasteiger partial charge >= 0.3 is 0 Å². The second-order valence-corrected chi connectivity index (χ2v) is 9.88. The molecule has 0 heterocycles. The summed E-state index contributed by atoms with van der Waals surface area (Å²) in [5, 5.41) is 6.60. The van der Waals surface area contributed by atoms with Crippen LogP contribution in [0.2, 0.25) is 0 Å². The number of carbonyl (C=O) groups is 1. The molecule has 0 saturated heterocycles. The number of aryl methyl sites for hydroxylation is 2. The van der Waals surface area contributed by atoms with E-state index in [1.165, 1.54) is 18.1 Å². The average Bonchev–Trinajstić information content (AvgIpc) is 3.16. The van der Waals surface area contributed by atoms with Crippen LogP contribution in [0.25, 0.3) is 11.1 Å². The second-order valence-electron chi connectivity index (χ2n) is 9.88. The molecular formula is C31H34N2O5. The molecule has 0 radical (unpaired) electrons. The van der Waals surface area contributed by atoms with Gasteiger partial charge in [-0.15, -0.1) is 0 Å². The number of methoxy groups -OCH3 is 3. The van der Waals surface area contributed by atoms with Crippen LogP contribution in [0.4, 0.5) is 5.69 Å². The molecule has 0 fully saturated rings. The first kappa shape index (κ1) is 25.6. The molecule has 38 heavy (non-hydrogen) atoms. The zero-order chi connectivity index (χ0) is 26.8. The number of carbonyl (C=O) groups excluding carboxylic acids is 1. The molecule has 7 heteroatoms. The largest absolute Gasteiger partial charge is 0.493 e. The van der Waals surface area contributed by atoms with Crippen LogP contribution in [-0.4, -0.2) is 27.2 Å². The van der Waals surface area contributed by atoms with E-state index in [2.05, 4.69) is 28.8 Å². The van der Waals surface area contributed by atoms with Gasteiger partial charge in [0, 0.05) is 12.5 Å². The number of hydrogen-bond acceptors (Lipinski definition) is 6. The first-order chi connectivity index (χ1) is 18.4. The van der Waals surface area contributed by atoms with Crippen LogP contribution in [0.3, 0.4) is 0 Å². The number of rotatable bonds is 6. The number of benzene rings is 2. The lowest BCUT2D eigenvalue weighted by molar-refractivity contribution is -0.119. The molecule has 0 aliphatic heterocycles. The van der Waals surface area contributed by atoms with Crippen LogP contribution >= 0.6 is 0 Å². The molecule has 1 amide bonds. The molecule has 2 aliphatic rings. The molecule has 0 spiro atoms. The summed E-state index contributed by atoms with van der Waals surface area (Å²) in [6, 6.07) is 15.6. The van der Waals surface area contributed by atoms with E-state index in [0.29, 0.717) is 35.8 Å². The predicted octanol–water partition coefficient (Wildman–Crippen LogP) is 5.35. The smallest absolute Gasteiger partial charge is 0.217 e. The molecule has 3 aromatic carbocycles. The van der Waals surface area contributed by atoms with Crippen LogP contribution in [0, 0.1) is 0 Å². The Morgan fingerprint density at radius 2 is 1.63 bits per heavy atom. The molecule has 2 aliphatic carbocycles. The lowest BCUT2D eigenvalue weighted by Gasteiger charge is -2.26. The van der Waals surface area contributed by atoms with E-state index in [4.69, 9.17) is 14.2 Å². The van der Waals surface area contributed by atoms with Gasteiger partial charge in [0.25, 0.3) is 0 Å². The third kappa shape index (κ3) is 4.69. The molecule has 2 unspecified atom stereocenters. The molecule has 2 atom stereocenters. The van der Waals surface area contributed by atoms with Gasteiger partial charge in [-0.2, -0.15) is 0 Å². The van der Waals surface area contributed by atoms with Gasteiger partial charge in [-0.3, -0.25) is 9.59 Å². The minimum Gasteiger partial charge on any atom is -0.493 e. The van der Waals surface area contributed by atoms with Crippen molar-refractivity contribution in [1.82, 2.24) is 5.32 Å². The zero-order valence-corrected chi connectivity index (χ0v) is 22.4. The molecule has 7 nitrogen and oxygen atoms in total. The Hall–Kier alpha value is -4.00. The Balaban J connectivity index is 1.69. The number of nitrogens with one attached hydrogen (secondary N) is 2. The number of anilines is 1. The highest BCUT2D eigenvalue weighted by Crippen LogP contribution is 2.50. The summed E-state index contributed by atoms with van der Waals surface area (Å²) >= 11 is 0. The summed E-state index contributed by atoms with van der Waals surface area (Å²) in [5.74, 6) is 1.46. The second kappa shape index (κ2) is 10.8. The Kier molecular flexibility index (Phi) is 7.27. The van der Waals surface area contributed by atoms with Crippen molar-refractivity contribution in [1.29, 1.82) is 0 Å². The molecule has 198 valence electrons. The summed E-state index contributed by atoms with van der Waals surface area (Å²) in [4.78, 5) is 25.8. The van der Waals surface area contributed by atoms with E-state index >= 15 is 0 Å². The van der Waals surface area contributed by atoms with Crippen molar-refractivity contribution in [2.24, 2.45) is 0 Å². The summed E-state index contributed by atoms with van der Waals surface area (Å²) in [6.07, 6.45) is 4.36. The van der Waals surface area contributed by atoms with Gasteiger partial charge < -0.3 is 24.8 Å². The molecule has 3 aromatic rings. The van der Waals surface area contributed by atoms with Gasteiger partial charge in [-0.25, -0.2) is 0 Å². The van der Waals surface area contributed by atoms with Gasteiger partial charge in [0.05, 0.1) is 39.1 Å². The highest BCUT2D eigenvalue weighted by Gasteiger charge is 2.30. The van der Waals surface area contributed by atoms with Gasteiger partial charge in [-0.05, 0) is 78.1 Å². The number of ether oxygens (including phenoxy) is 3. The highest BCUT2D eigenvalue weighted by molar-refractivity contribution is 5.83. The van der Waals surface area contributed by atoms with Crippen molar-refractivity contribution in [3.05, 3.63) is 81.0 Å². The fourth-order valence-corrected chi connectivity index (χ4v) is 5.92. The third-order valence-electron chi connectivity index (χ3n) is 7.62. The van der Waals surface area contributed by atoms with Crippen LogP contribution < -0.4 is 30.3 Å². The van der Waals surface area contributed by atoms with Gasteiger partial charge in [0.15, 0.2) is 11.5 Å². The molecule has 0 bridgehead atoms. The third-order valence-corrected chi connectivity index (χ3v) is 7.62. The van der Waals surface area contributed by atoms with Crippen molar-refractivity contribution in [2.45, 2.75) is 51.1 Å². The minimum absolute atomic E-state index is 0.0622. The number of hydrogen-bond donors (Lipinski definition) is 2. The van der Waals surface area contributed by atoms with E-state index in [9.17, 15) is 9.59 Å². The fraction of sp³-hybridized carbons (Fsp3) is 0.355.